The molecule has 0 N–H and O–H groups in total. The lowest BCUT2D eigenvalue weighted by Crippen LogP contribution is -1.94. The third kappa shape index (κ3) is 2.13. The van der Waals surface area contributed by atoms with Gasteiger partial charge in [-0.05, 0) is 25.1 Å². The fraction of sp³-hybridized carbons (Fsp3) is 0.154. The first-order valence-electron chi connectivity index (χ1n) is 5.42. The summed E-state index contributed by atoms with van der Waals surface area (Å²) in [5, 5.41) is 13.5. The number of aryl methyl sites for hydroxylation is 1. The zero-order chi connectivity index (χ0) is 13.1. The normalized spacial score (nSPS) is 10.1. The molecule has 5 heteroatoms. The summed E-state index contributed by atoms with van der Waals surface area (Å²) in [6.45, 7) is 2.61. The Hall–Kier alpha value is -2.12. The van der Waals surface area contributed by atoms with Crippen molar-refractivity contribution in [2.24, 2.45) is 0 Å². The molecule has 1 heterocycles. The van der Waals surface area contributed by atoms with Gasteiger partial charge in [-0.1, -0.05) is 11.6 Å². The average Bonchev–Trinajstić information content (AvgIpc) is 2.81. The first kappa shape index (κ1) is 12.3. The number of carbonyl (C=O) groups is 1. The van der Waals surface area contributed by atoms with Crippen LogP contribution >= 0.6 is 11.6 Å². The summed E-state index contributed by atoms with van der Waals surface area (Å²) in [4.78, 5) is 11.0. The first-order valence-corrected chi connectivity index (χ1v) is 5.80. The highest BCUT2D eigenvalue weighted by Gasteiger charge is 2.13. The molecule has 0 aliphatic carbocycles. The molecule has 0 bridgehead atoms. The topological polar surface area (TPSA) is 58.7 Å². The second kappa shape index (κ2) is 5.03. The van der Waals surface area contributed by atoms with E-state index in [1.165, 1.54) is 0 Å². The van der Waals surface area contributed by atoms with E-state index < -0.39 is 0 Å². The van der Waals surface area contributed by atoms with Crippen LogP contribution in [0.15, 0.2) is 24.4 Å². The highest BCUT2D eigenvalue weighted by molar-refractivity contribution is 6.33. The van der Waals surface area contributed by atoms with E-state index in [0.29, 0.717) is 34.0 Å². The maximum absolute atomic E-state index is 11.0. The van der Waals surface area contributed by atoms with E-state index in [4.69, 9.17) is 16.9 Å². The number of hydrogen-bond donors (Lipinski definition) is 0. The number of rotatable bonds is 3. The second-order valence-corrected chi connectivity index (χ2v) is 4.12. The van der Waals surface area contributed by atoms with E-state index in [0.717, 1.165) is 6.29 Å². The Morgan fingerprint density at radius 1 is 1.56 bits per heavy atom. The zero-order valence-electron chi connectivity index (χ0n) is 9.72. The number of nitrogens with zero attached hydrogens (tertiary/aromatic N) is 3. The molecule has 4 nitrogen and oxygen atoms in total. The Morgan fingerprint density at radius 3 is 2.89 bits per heavy atom. The summed E-state index contributed by atoms with van der Waals surface area (Å²) < 4.78 is 1.67. The van der Waals surface area contributed by atoms with Gasteiger partial charge >= 0.3 is 0 Å². The van der Waals surface area contributed by atoms with Gasteiger partial charge in [0.1, 0.15) is 5.69 Å². The average molecular weight is 260 g/mol. The molecule has 0 aliphatic rings. The summed E-state index contributed by atoms with van der Waals surface area (Å²) in [5.41, 5.74) is 2.17. The van der Waals surface area contributed by atoms with Gasteiger partial charge < -0.3 is 0 Å². The molecule has 0 atom stereocenters. The van der Waals surface area contributed by atoms with Gasteiger partial charge in [-0.25, -0.2) is 0 Å². The zero-order valence-corrected chi connectivity index (χ0v) is 10.5. The van der Waals surface area contributed by atoms with E-state index in [1.54, 1.807) is 29.1 Å². The van der Waals surface area contributed by atoms with Crippen molar-refractivity contribution in [3.05, 3.63) is 40.5 Å². The van der Waals surface area contributed by atoms with E-state index in [2.05, 4.69) is 5.10 Å². The quantitative estimate of drug-likeness (QED) is 0.797. The fourth-order valence-electron chi connectivity index (χ4n) is 1.67. The van der Waals surface area contributed by atoms with Crippen molar-refractivity contribution in [3.63, 3.8) is 0 Å². The van der Waals surface area contributed by atoms with Gasteiger partial charge in [-0.15, -0.1) is 0 Å². The fourth-order valence-corrected chi connectivity index (χ4v) is 1.94. The highest BCUT2D eigenvalue weighted by atomic mass is 35.5. The molecule has 0 saturated carbocycles. The summed E-state index contributed by atoms with van der Waals surface area (Å²) in [6, 6.07) is 6.94. The predicted molar refractivity (Wildman–Crippen MR) is 68.4 cm³/mol. The van der Waals surface area contributed by atoms with E-state index in [9.17, 15) is 4.79 Å². The Morgan fingerprint density at radius 2 is 2.33 bits per heavy atom. The number of halogens is 1. The third-order valence-electron chi connectivity index (χ3n) is 2.59. The second-order valence-electron chi connectivity index (χ2n) is 3.71. The van der Waals surface area contributed by atoms with Gasteiger partial charge in [-0.2, -0.15) is 10.4 Å². The van der Waals surface area contributed by atoms with Crippen LogP contribution in [0.3, 0.4) is 0 Å². The molecule has 0 aliphatic heterocycles. The molecule has 2 aromatic rings. The highest BCUT2D eigenvalue weighted by Crippen LogP contribution is 2.29. The van der Waals surface area contributed by atoms with Crippen LogP contribution in [-0.4, -0.2) is 16.1 Å². The van der Waals surface area contributed by atoms with Gasteiger partial charge in [0.2, 0.25) is 0 Å². The lowest BCUT2D eigenvalue weighted by Gasteiger charge is -2.02. The molecular weight excluding hydrogens is 250 g/mol. The van der Waals surface area contributed by atoms with Crippen molar-refractivity contribution in [2.45, 2.75) is 13.5 Å². The minimum atomic E-state index is 0.415. The minimum absolute atomic E-state index is 0.415. The molecule has 0 amide bonds. The number of aldehydes is 1. The van der Waals surface area contributed by atoms with Crippen LogP contribution < -0.4 is 0 Å². The molecule has 0 radical (unpaired) electrons. The lowest BCUT2D eigenvalue weighted by molar-refractivity contribution is 0.112. The van der Waals surface area contributed by atoms with Gasteiger partial charge in [-0.3, -0.25) is 9.48 Å². The van der Waals surface area contributed by atoms with Crippen molar-refractivity contribution in [1.82, 2.24) is 9.78 Å². The number of hydrogen-bond acceptors (Lipinski definition) is 3. The van der Waals surface area contributed by atoms with Crippen LogP contribution in [0.1, 0.15) is 22.8 Å². The number of carbonyl (C=O) groups excluding carboxylic acids is 1. The largest absolute Gasteiger partial charge is 0.298 e. The summed E-state index contributed by atoms with van der Waals surface area (Å²) in [7, 11) is 0. The molecular formula is C13H10ClN3O. The van der Waals surface area contributed by atoms with Crippen molar-refractivity contribution < 1.29 is 4.79 Å². The molecule has 90 valence electrons. The van der Waals surface area contributed by atoms with Crippen LogP contribution in [0, 0.1) is 11.3 Å². The van der Waals surface area contributed by atoms with Crippen LogP contribution in [0.25, 0.3) is 11.3 Å². The molecule has 0 spiro atoms. The molecule has 1 aromatic heterocycles. The summed E-state index contributed by atoms with van der Waals surface area (Å²) >= 11 is 6.11. The summed E-state index contributed by atoms with van der Waals surface area (Å²) in [6.07, 6.45) is 2.43. The van der Waals surface area contributed by atoms with Crippen LogP contribution in [0.4, 0.5) is 0 Å². The van der Waals surface area contributed by atoms with Crippen molar-refractivity contribution in [1.29, 1.82) is 5.26 Å². The van der Waals surface area contributed by atoms with Crippen LogP contribution in [0.5, 0.6) is 0 Å². The van der Waals surface area contributed by atoms with Crippen molar-refractivity contribution in [3.8, 4) is 17.3 Å². The van der Waals surface area contributed by atoms with Gasteiger partial charge in [0.05, 0.1) is 22.2 Å². The standard InChI is InChI=1S/C13H10ClN3O/c1-2-17-7-10(8-18)13(16-17)11-4-3-9(6-15)5-12(11)14/h3-5,7-8H,2H2,1H3. The minimum Gasteiger partial charge on any atom is -0.298 e. The van der Waals surface area contributed by atoms with Crippen LogP contribution in [0.2, 0.25) is 5.02 Å². The predicted octanol–water partition coefficient (Wildman–Crippen LogP) is 2.91. The number of benzene rings is 1. The first-order chi connectivity index (χ1) is 8.69. The van der Waals surface area contributed by atoms with Gasteiger partial charge in [0.15, 0.2) is 6.29 Å². The van der Waals surface area contributed by atoms with Gasteiger partial charge in [0, 0.05) is 18.3 Å². The molecule has 2 rings (SSSR count). The number of aromatic nitrogens is 2. The van der Waals surface area contributed by atoms with E-state index >= 15 is 0 Å². The molecule has 18 heavy (non-hydrogen) atoms. The summed E-state index contributed by atoms with van der Waals surface area (Å²) in [5.74, 6) is 0. The molecule has 1 aromatic carbocycles. The maximum Gasteiger partial charge on any atom is 0.153 e. The maximum atomic E-state index is 11.0. The monoisotopic (exact) mass is 259 g/mol. The van der Waals surface area contributed by atoms with E-state index in [1.807, 2.05) is 13.0 Å². The SMILES string of the molecule is CCn1cc(C=O)c(-c2ccc(C#N)cc2Cl)n1. The Balaban J connectivity index is 2.58. The van der Waals surface area contributed by atoms with Crippen molar-refractivity contribution >= 4 is 17.9 Å². The molecule has 0 saturated heterocycles. The lowest BCUT2D eigenvalue weighted by atomic mass is 10.1. The van der Waals surface area contributed by atoms with Crippen LogP contribution in [-0.2, 0) is 6.54 Å². The van der Waals surface area contributed by atoms with Gasteiger partial charge in [0.25, 0.3) is 0 Å². The third-order valence-corrected chi connectivity index (χ3v) is 2.91. The Kier molecular flexibility index (Phi) is 3.45. The number of nitriles is 1. The Labute approximate surface area is 109 Å². The smallest absolute Gasteiger partial charge is 0.153 e. The van der Waals surface area contributed by atoms with Crippen molar-refractivity contribution in [2.75, 3.05) is 0 Å². The molecule has 0 fully saturated rings. The molecule has 0 unspecified atom stereocenters. The Bertz CT molecular complexity index is 640. The van der Waals surface area contributed by atoms with E-state index in [-0.39, 0.29) is 0 Å².